The smallest absolute Gasteiger partial charge is 0.143 e. The van der Waals surface area contributed by atoms with E-state index in [1.54, 1.807) is 23.1 Å². The average Bonchev–Trinajstić information content (AvgIpc) is 3.03. The predicted molar refractivity (Wildman–Crippen MR) is 82.3 cm³/mol. The first-order valence-corrected chi connectivity index (χ1v) is 7.06. The molecular formula is C14H12BrN5O. The van der Waals surface area contributed by atoms with Gasteiger partial charge in [0, 0.05) is 22.3 Å². The van der Waals surface area contributed by atoms with Gasteiger partial charge in [-0.3, -0.25) is 0 Å². The van der Waals surface area contributed by atoms with Crippen molar-refractivity contribution in [3.63, 3.8) is 0 Å². The molecule has 0 aliphatic rings. The molecule has 0 spiro atoms. The van der Waals surface area contributed by atoms with E-state index in [9.17, 15) is 5.11 Å². The number of anilines is 1. The fraction of sp³-hybridized carbons (Fsp3) is 0.0714. The van der Waals surface area contributed by atoms with Crippen molar-refractivity contribution in [3.8, 4) is 11.4 Å². The minimum Gasteiger partial charge on any atom is -0.508 e. The molecule has 2 aromatic carbocycles. The number of halogens is 1. The lowest BCUT2D eigenvalue weighted by Crippen LogP contribution is -2.01. The van der Waals surface area contributed by atoms with E-state index < -0.39 is 0 Å². The fourth-order valence-corrected chi connectivity index (χ4v) is 2.34. The maximum Gasteiger partial charge on any atom is 0.143 e. The Balaban J connectivity index is 1.76. The Bertz CT molecular complexity index is 745. The third-order valence-electron chi connectivity index (χ3n) is 2.98. The summed E-state index contributed by atoms with van der Waals surface area (Å²) in [5, 5.41) is 24.2. The third-order valence-corrected chi connectivity index (χ3v) is 3.48. The molecule has 106 valence electrons. The topological polar surface area (TPSA) is 75.9 Å². The summed E-state index contributed by atoms with van der Waals surface area (Å²) in [6, 6.07) is 13.1. The van der Waals surface area contributed by atoms with Gasteiger partial charge in [-0.25, -0.2) is 4.68 Å². The molecule has 1 aromatic heterocycles. The van der Waals surface area contributed by atoms with Crippen molar-refractivity contribution in [2.75, 3.05) is 5.32 Å². The van der Waals surface area contributed by atoms with Gasteiger partial charge in [0.1, 0.15) is 12.1 Å². The fourth-order valence-electron chi connectivity index (χ4n) is 1.93. The van der Waals surface area contributed by atoms with Crippen LogP contribution in [-0.4, -0.2) is 25.3 Å². The summed E-state index contributed by atoms with van der Waals surface area (Å²) in [7, 11) is 0. The summed E-state index contributed by atoms with van der Waals surface area (Å²) in [5.74, 6) is 0.266. The third kappa shape index (κ3) is 3.19. The van der Waals surface area contributed by atoms with Gasteiger partial charge in [-0.05, 0) is 46.8 Å². The zero-order valence-corrected chi connectivity index (χ0v) is 12.5. The van der Waals surface area contributed by atoms with Crippen LogP contribution in [0.1, 0.15) is 5.56 Å². The van der Waals surface area contributed by atoms with E-state index in [4.69, 9.17) is 0 Å². The molecule has 2 N–H and O–H groups in total. The second-order valence-electron chi connectivity index (χ2n) is 4.43. The van der Waals surface area contributed by atoms with Gasteiger partial charge in [0.25, 0.3) is 0 Å². The molecular weight excluding hydrogens is 334 g/mol. The van der Waals surface area contributed by atoms with Crippen LogP contribution in [0.15, 0.2) is 53.3 Å². The number of nitrogens with one attached hydrogen (secondary N) is 1. The van der Waals surface area contributed by atoms with E-state index in [0.29, 0.717) is 6.54 Å². The summed E-state index contributed by atoms with van der Waals surface area (Å²) < 4.78 is 2.52. The maximum atomic E-state index is 9.83. The number of aromatic hydroxyl groups is 1. The van der Waals surface area contributed by atoms with Crippen LogP contribution < -0.4 is 5.32 Å². The van der Waals surface area contributed by atoms with Gasteiger partial charge in [-0.2, -0.15) is 0 Å². The van der Waals surface area contributed by atoms with E-state index >= 15 is 0 Å². The maximum absolute atomic E-state index is 9.83. The molecule has 0 unspecified atom stereocenters. The molecule has 7 heteroatoms. The molecule has 0 fully saturated rings. The first-order chi connectivity index (χ1) is 10.2. The molecule has 21 heavy (non-hydrogen) atoms. The van der Waals surface area contributed by atoms with Crippen molar-refractivity contribution in [1.29, 1.82) is 0 Å². The zero-order chi connectivity index (χ0) is 14.7. The lowest BCUT2D eigenvalue weighted by molar-refractivity contribution is 0.469. The summed E-state index contributed by atoms with van der Waals surface area (Å²) in [5.41, 5.74) is 2.60. The molecule has 0 atom stereocenters. The molecule has 6 nitrogen and oxygen atoms in total. The predicted octanol–water partition coefficient (Wildman–Crippen LogP) is 2.74. The van der Waals surface area contributed by atoms with E-state index in [1.165, 1.54) is 0 Å². The highest BCUT2D eigenvalue weighted by Gasteiger charge is 2.03. The van der Waals surface area contributed by atoms with Gasteiger partial charge < -0.3 is 10.4 Å². The number of hydrogen-bond donors (Lipinski definition) is 2. The molecule has 0 bridgehead atoms. The molecule has 3 aromatic rings. The normalized spacial score (nSPS) is 10.5. The van der Waals surface area contributed by atoms with Crippen LogP contribution in [0.3, 0.4) is 0 Å². The SMILES string of the molecule is Oc1ccc(Br)cc1CNc1cccc(-n2cnnn2)c1. The van der Waals surface area contributed by atoms with Crippen LogP contribution in [0, 0.1) is 0 Å². The van der Waals surface area contributed by atoms with E-state index in [1.807, 2.05) is 30.3 Å². The molecule has 3 rings (SSSR count). The highest BCUT2D eigenvalue weighted by Crippen LogP contribution is 2.23. The number of phenols is 1. The number of nitrogens with zero attached hydrogens (tertiary/aromatic N) is 4. The molecule has 0 amide bonds. The van der Waals surface area contributed by atoms with Gasteiger partial charge in [0.05, 0.1) is 5.69 Å². The Morgan fingerprint density at radius 2 is 2.10 bits per heavy atom. The first kappa shape index (κ1) is 13.6. The number of hydrogen-bond acceptors (Lipinski definition) is 5. The Morgan fingerprint density at radius 1 is 1.19 bits per heavy atom. The number of rotatable bonds is 4. The average molecular weight is 346 g/mol. The van der Waals surface area contributed by atoms with Gasteiger partial charge in [-0.15, -0.1) is 5.10 Å². The Hall–Kier alpha value is -2.41. The van der Waals surface area contributed by atoms with Crippen molar-refractivity contribution < 1.29 is 5.11 Å². The van der Waals surface area contributed by atoms with E-state index in [2.05, 4.69) is 36.8 Å². The van der Waals surface area contributed by atoms with Gasteiger partial charge in [-0.1, -0.05) is 22.0 Å². The second kappa shape index (κ2) is 5.92. The molecule has 0 saturated carbocycles. The van der Waals surface area contributed by atoms with Crippen LogP contribution in [0.2, 0.25) is 0 Å². The molecule has 0 radical (unpaired) electrons. The minimum absolute atomic E-state index is 0.266. The monoisotopic (exact) mass is 345 g/mol. The van der Waals surface area contributed by atoms with Crippen LogP contribution in [-0.2, 0) is 6.54 Å². The van der Waals surface area contributed by atoms with Gasteiger partial charge in [0.2, 0.25) is 0 Å². The van der Waals surface area contributed by atoms with Crippen molar-refractivity contribution >= 4 is 21.6 Å². The number of benzene rings is 2. The highest BCUT2D eigenvalue weighted by atomic mass is 79.9. The summed E-state index contributed by atoms with van der Waals surface area (Å²) >= 11 is 3.40. The number of aromatic nitrogens is 4. The van der Waals surface area contributed by atoms with Crippen molar-refractivity contribution in [2.24, 2.45) is 0 Å². The summed E-state index contributed by atoms with van der Waals surface area (Å²) in [6.45, 7) is 0.518. The molecule has 0 saturated heterocycles. The van der Waals surface area contributed by atoms with E-state index in [0.717, 1.165) is 21.4 Å². The number of tetrazole rings is 1. The lowest BCUT2D eigenvalue weighted by Gasteiger charge is -2.10. The van der Waals surface area contributed by atoms with Crippen LogP contribution in [0.4, 0.5) is 5.69 Å². The Morgan fingerprint density at radius 3 is 2.90 bits per heavy atom. The van der Waals surface area contributed by atoms with Crippen molar-refractivity contribution in [2.45, 2.75) is 6.54 Å². The Labute approximate surface area is 129 Å². The second-order valence-corrected chi connectivity index (χ2v) is 5.35. The number of phenolic OH excluding ortho intramolecular Hbond substituents is 1. The molecule has 0 aliphatic carbocycles. The summed E-state index contributed by atoms with van der Waals surface area (Å²) in [4.78, 5) is 0. The summed E-state index contributed by atoms with van der Waals surface area (Å²) in [6.07, 6.45) is 1.54. The quantitative estimate of drug-likeness (QED) is 0.760. The zero-order valence-electron chi connectivity index (χ0n) is 10.9. The van der Waals surface area contributed by atoms with Crippen LogP contribution >= 0.6 is 15.9 Å². The van der Waals surface area contributed by atoms with Crippen molar-refractivity contribution in [1.82, 2.24) is 20.2 Å². The van der Waals surface area contributed by atoms with Crippen molar-refractivity contribution in [3.05, 3.63) is 58.8 Å². The molecule has 0 aliphatic heterocycles. The minimum atomic E-state index is 0.266. The highest BCUT2D eigenvalue weighted by molar-refractivity contribution is 9.10. The standard InChI is InChI=1S/C14H12BrN5O/c15-11-4-5-14(21)10(6-11)8-16-12-2-1-3-13(7-12)20-9-17-18-19-20/h1-7,9,16,21H,8H2. The van der Waals surface area contributed by atoms with Crippen LogP contribution in [0.5, 0.6) is 5.75 Å². The first-order valence-electron chi connectivity index (χ1n) is 6.27. The molecule has 1 heterocycles. The largest absolute Gasteiger partial charge is 0.508 e. The van der Waals surface area contributed by atoms with Crippen LogP contribution in [0.25, 0.3) is 5.69 Å². The van der Waals surface area contributed by atoms with Gasteiger partial charge >= 0.3 is 0 Å². The van der Waals surface area contributed by atoms with Gasteiger partial charge in [0.15, 0.2) is 0 Å². The lowest BCUT2D eigenvalue weighted by atomic mass is 10.2. The van der Waals surface area contributed by atoms with E-state index in [-0.39, 0.29) is 5.75 Å². The Kier molecular flexibility index (Phi) is 3.83.